The monoisotopic (exact) mass is 395 g/mol. The zero-order valence-electron chi connectivity index (χ0n) is 16.7. The molecule has 29 heavy (non-hydrogen) atoms. The molecule has 1 N–H and O–H groups in total. The van der Waals surface area contributed by atoms with E-state index in [-0.39, 0.29) is 16.9 Å². The summed E-state index contributed by atoms with van der Waals surface area (Å²) in [5, 5.41) is 10.8. The Morgan fingerprint density at radius 1 is 1.17 bits per heavy atom. The molecular formula is C23H25NO5. The maximum atomic E-state index is 13.0. The molecule has 1 aliphatic heterocycles. The molecule has 4 rings (SSSR count). The molecule has 0 atom stereocenters. The zero-order valence-corrected chi connectivity index (χ0v) is 16.7. The van der Waals surface area contributed by atoms with Gasteiger partial charge in [0.2, 0.25) is 11.2 Å². The molecule has 6 heteroatoms. The molecule has 0 aliphatic carbocycles. The third kappa shape index (κ3) is 4.07. The van der Waals surface area contributed by atoms with E-state index in [4.69, 9.17) is 13.9 Å². The van der Waals surface area contributed by atoms with E-state index in [0.717, 1.165) is 31.8 Å². The number of fused-ring (bicyclic) bond motifs is 1. The van der Waals surface area contributed by atoms with Gasteiger partial charge in [0.1, 0.15) is 29.1 Å². The summed E-state index contributed by atoms with van der Waals surface area (Å²) in [6.45, 7) is 4.75. The van der Waals surface area contributed by atoms with Gasteiger partial charge in [0, 0.05) is 12.6 Å². The summed E-state index contributed by atoms with van der Waals surface area (Å²) in [6.07, 6.45) is 3.58. The number of phenolic OH excluding ortho intramolecular Hbond substituents is 1. The van der Waals surface area contributed by atoms with Gasteiger partial charge in [-0.05, 0) is 56.1 Å². The Morgan fingerprint density at radius 2 is 1.93 bits per heavy atom. The molecule has 3 aromatic rings. The van der Waals surface area contributed by atoms with E-state index >= 15 is 0 Å². The van der Waals surface area contributed by atoms with Gasteiger partial charge in [0.25, 0.3) is 0 Å². The number of hydrogen-bond donors (Lipinski definition) is 1. The molecule has 0 spiro atoms. The quantitative estimate of drug-likeness (QED) is 0.684. The predicted molar refractivity (Wildman–Crippen MR) is 111 cm³/mol. The lowest BCUT2D eigenvalue weighted by Gasteiger charge is -2.30. The van der Waals surface area contributed by atoms with Gasteiger partial charge in [0.15, 0.2) is 0 Å². The lowest BCUT2D eigenvalue weighted by molar-refractivity contribution is 0.184. The van der Waals surface area contributed by atoms with Crippen molar-refractivity contribution >= 4 is 11.0 Å². The topological polar surface area (TPSA) is 72.1 Å². The number of methoxy groups -OCH3 is 1. The first kappa shape index (κ1) is 19.3. The molecule has 0 unspecified atom stereocenters. The van der Waals surface area contributed by atoms with Crippen LogP contribution in [0.3, 0.4) is 0 Å². The molecule has 0 radical (unpaired) electrons. The summed E-state index contributed by atoms with van der Waals surface area (Å²) >= 11 is 0. The standard InChI is InChI=1S/C23H25NO5/c1-15-8-10-24(11-9-15)13-19-20(25)7-6-18-22(26)21(14-28-23(18)19)29-17-5-3-4-16(12-17)27-2/h3-7,12,14-15,25H,8-11,13H2,1-2H3. The highest BCUT2D eigenvalue weighted by Crippen LogP contribution is 2.31. The van der Waals surface area contributed by atoms with Gasteiger partial charge >= 0.3 is 0 Å². The molecule has 2 heterocycles. The average Bonchev–Trinajstić information content (AvgIpc) is 2.73. The Labute approximate surface area is 169 Å². The molecule has 1 fully saturated rings. The van der Waals surface area contributed by atoms with Gasteiger partial charge in [-0.15, -0.1) is 0 Å². The van der Waals surface area contributed by atoms with Crippen LogP contribution in [-0.4, -0.2) is 30.2 Å². The normalized spacial score (nSPS) is 15.5. The Hall–Kier alpha value is -2.99. The lowest BCUT2D eigenvalue weighted by Crippen LogP contribution is -2.32. The summed E-state index contributed by atoms with van der Waals surface area (Å²) < 4.78 is 16.7. The van der Waals surface area contributed by atoms with Gasteiger partial charge in [0.05, 0.1) is 18.1 Å². The van der Waals surface area contributed by atoms with Crippen LogP contribution in [0.5, 0.6) is 23.0 Å². The van der Waals surface area contributed by atoms with Gasteiger partial charge in [-0.25, -0.2) is 0 Å². The summed E-state index contributed by atoms with van der Waals surface area (Å²) in [7, 11) is 1.57. The van der Waals surface area contributed by atoms with E-state index in [1.807, 2.05) is 0 Å². The largest absolute Gasteiger partial charge is 0.507 e. The van der Waals surface area contributed by atoms with Crippen molar-refractivity contribution in [3.8, 4) is 23.0 Å². The van der Waals surface area contributed by atoms with Crippen molar-refractivity contribution in [1.82, 2.24) is 4.90 Å². The molecule has 1 saturated heterocycles. The fourth-order valence-corrected chi connectivity index (χ4v) is 3.69. The van der Waals surface area contributed by atoms with Crippen molar-refractivity contribution in [2.45, 2.75) is 26.3 Å². The number of aromatic hydroxyl groups is 1. The lowest BCUT2D eigenvalue weighted by atomic mass is 9.98. The predicted octanol–water partition coefficient (Wildman–Crippen LogP) is 4.53. The average molecular weight is 395 g/mol. The molecule has 0 bridgehead atoms. The summed E-state index contributed by atoms with van der Waals surface area (Å²) in [5.41, 5.74) is 0.774. The summed E-state index contributed by atoms with van der Waals surface area (Å²) in [5.74, 6) is 2.07. The van der Waals surface area contributed by atoms with Crippen molar-refractivity contribution in [2.24, 2.45) is 5.92 Å². The van der Waals surface area contributed by atoms with Crippen LogP contribution in [0.15, 0.2) is 51.9 Å². The number of phenols is 1. The van der Waals surface area contributed by atoms with Gasteiger partial charge in [-0.3, -0.25) is 9.69 Å². The number of benzene rings is 2. The minimum atomic E-state index is -0.275. The van der Waals surface area contributed by atoms with Gasteiger partial charge < -0.3 is 19.0 Å². The van der Waals surface area contributed by atoms with Crippen LogP contribution in [0.4, 0.5) is 0 Å². The number of nitrogens with zero attached hydrogens (tertiary/aromatic N) is 1. The first-order valence-corrected chi connectivity index (χ1v) is 9.85. The number of likely N-dealkylation sites (tertiary alicyclic amines) is 1. The highest BCUT2D eigenvalue weighted by Gasteiger charge is 2.21. The number of piperidine rings is 1. The fraction of sp³-hybridized carbons (Fsp3) is 0.348. The zero-order chi connectivity index (χ0) is 20.4. The van der Waals surface area contributed by atoms with Crippen LogP contribution < -0.4 is 14.9 Å². The van der Waals surface area contributed by atoms with Gasteiger partial charge in [-0.2, -0.15) is 0 Å². The second kappa shape index (κ2) is 8.17. The first-order chi connectivity index (χ1) is 14.0. The van der Waals surface area contributed by atoms with E-state index < -0.39 is 0 Å². The Kier molecular flexibility index (Phi) is 5.45. The molecular weight excluding hydrogens is 370 g/mol. The molecule has 0 saturated carbocycles. The van der Waals surface area contributed by atoms with Crippen molar-refractivity contribution in [1.29, 1.82) is 0 Å². The van der Waals surface area contributed by atoms with Crippen LogP contribution in [0.25, 0.3) is 11.0 Å². The van der Waals surface area contributed by atoms with Crippen LogP contribution in [0.2, 0.25) is 0 Å². The minimum Gasteiger partial charge on any atom is -0.507 e. The van der Waals surface area contributed by atoms with E-state index in [1.165, 1.54) is 6.26 Å². The SMILES string of the molecule is COc1cccc(Oc2coc3c(CN4CCC(C)CC4)c(O)ccc3c2=O)c1. The van der Waals surface area contributed by atoms with Crippen LogP contribution in [0.1, 0.15) is 25.3 Å². The Bertz CT molecular complexity index is 1070. The van der Waals surface area contributed by atoms with Crippen molar-refractivity contribution in [3.63, 3.8) is 0 Å². The van der Waals surface area contributed by atoms with Crippen LogP contribution in [-0.2, 0) is 6.54 Å². The van der Waals surface area contributed by atoms with Crippen molar-refractivity contribution in [2.75, 3.05) is 20.2 Å². The smallest absolute Gasteiger partial charge is 0.235 e. The fourth-order valence-electron chi connectivity index (χ4n) is 3.69. The van der Waals surface area contributed by atoms with E-state index in [9.17, 15) is 9.90 Å². The second-order valence-electron chi connectivity index (χ2n) is 7.61. The molecule has 6 nitrogen and oxygen atoms in total. The van der Waals surface area contributed by atoms with Crippen molar-refractivity contribution in [3.05, 3.63) is 58.4 Å². The number of hydrogen-bond acceptors (Lipinski definition) is 6. The molecule has 152 valence electrons. The van der Waals surface area contributed by atoms with E-state index in [2.05, 4.69) is 11.8 Å². The summed E-state index contributed by atoms with van der Waals surface area (Å²) in [4.78, 5) is 15.3. The van der Waals surface area contributed by atoms with Gasteiger partial charge in [-0.1, -0.05) is 13.0 Å². The third-order valence-electron chi connectivity index (χ3n) is 5.51. The Morgan fingerprint density at radius 3 is 2.69 bits per heavy atom. The molecule has 1 aliphatic rings. The maximum absolute atomic E-state index is 13.0. The second-order valence-corrected chi connectivity index (χ2v) is 7.61. The highest BCUT2D eigenvalue weighted by atomic mass is 16.5. The van der Waals surface area contributed by atoms with Crippen molar-refractivity contribution < 1.29 is 19.0 Å². The van der Waals surface area contributed by atoms with Crippen LogP contribution >= 0.6 is 0 Å². The molecule has 2 aromatic carbocycles. The third-order valence-corrected chi connectivity index (χ3v) is 5.51. The highest BCUT2D eigenvalue weighted by molar-refractivity contribution is 5.83. The number of ether oxygens (including phenoxy) is 2. The number of rotatable bonds is 5. The van der Waals surface area contributed by atoms with Crippen LogP contribution in [0, 0.1) is 5.92 Å². The first-order valence-electron chi connectivity index (χ1n) is 9.85. The Balaban J connectivity index is 1.66. The van der Waals surface area contributed by atoms with E-state index in [0.29, 0.717) is 34.6 Å². The maximum Gasteiger partial charge on any atom is 0.235 e. The minimum absolute atomic E-state index is 0.0918. The molecule has 1 aromatic heterocycles. The summed E-state index contributed by atoms with van der Waals surface area (Å²) in [6, 6.07) is 10.2. The van der Waals surface area contributed by atoms with E-state index in [1.54, 1.807) is 43.5 Å². The molecule has 0 amide bonds.